The van der Waals surface area contributed by atoms with Gasteiger partial charge in [0.05, 0.1) is 19.8 Å². The van der Waals surface area contributed by atoms with Gasteiger partial charge in [-0.1, -0.05) is 0 Å². The third kappa shape index (κ3) is 4.13. The fraction of sp³-hybridized carbons (Fsp3) is 0.706. The fourth-order valence-electron chi connectivity index (χ4n) is 3.15. The summed E-state index contributed by atoms with van der Waals surface area (Å²) in [6.45, 7) is 11.9. The monoisotopic (exact) mass is 321 g/mol. The van der Waals surface area contributed by atoms with Crippen molar-refractivity contribution >= 4 is 5.91 Å². The number of rotatable bonds is 4. The molecule has 2 fully saturated rings. The number of nitrogens with zero attached hydrogens (tertiary/aromatic N) is 3. The quantitative estimate of drug-likeness (QED) is 0.836. The Morgan fingerprint density at radius 3 is 2.43 bits per heavy atom. The van der Waals surface area contributed by atoms with Crippen LogP contribution in [0.4, 0.5) is 0 Å². The van der Waals surface area contributed by atoms with E-state index in [4.69, 9.17) is 9.15 Å². The van der Waals surface area contributed by atoms with E-state index in [2.05, 4.69) is 23.6 Å². The lowest BCUT2D eigenvalue weighted by molar-refractivity contribution is 0.0308. The zero-order valence-corrected chi connectivity index (χ0v) is 14.2. The number of hydrogen-bond acceptors (Lipinski definition) is 5. The summed E-state index contributed by atoms with van der Waals surface area (Å²) in [6, 6.07) is 4.27. The van der Waals surface area contributed by atoms with Gasteiger partial charge in [0, 0.05) is 45.3 Å². The van der Waals surface area contributed by atoms with E-state index in [0.29, 0.717) is 11.8 Å². The van der Waals surface area contributed by atoms with E-state index in [-0.39, 0.29) is 5.91 Å². The molecule has 0 saturated carbocycles. The highest BCUT2D eigenvalue weighted by Crippen LogP contribution is 2.15. The van der Waals surface area contributed by atoms with E-state index in [9.17, 15) is 4.79 Å². The second kappa shape index (κ2) is 7.47. The summed E-state index contributed by atoms with van der Waals surface area (Å²) in [5, 5.41) is 0. The molecule has 0 N–H and O–H groups in total. The SMILES string of the molecule is CC(C)N1CCN(C(=O)c2ccc(CN3CCOCC3)o2)CC1. The second-order valence-electron chi connectivity index (χ2n) is 6.58. The molecule has 2 aliphatic rings. The van der Waals surface area contributed by atoms with Gasteiger partial charge >= 0.3 is 0 Å². The lowest BCUT2D eigenvalue weighted by atomic mass is 10.2. The van der Waals surface area contributed by atoms with Gasteiger partial charge in [0.25, 0.3) is 5.91 Å². The molecule has 6 heteroatoms. The highest BCUT2D eigenvalue weighted by molar-refractivity contribution is 5.91. The number of hydrogen-bond donors (Lipinski definition) is 0. The number of amides is 1. The van der Waals surface area contributed by atoms with Crippen molar-refractivity contribution in [1.82, 2.24) is 14.7 Å². The highest BCUT2D eigenvalue weighted by Gasteiger charge is 2.25. The number of piperazine rings is 1. The molecular formula is C17H27N3O3. The third-order valence-electron chi connectivity index (χ3n) is 4.69. The van der Waals surface area contributed by atoms with Crippen LogP contribution in [0.1, 0.15) is 30.2 Å². The van der Waals surface area contributed by atoms with Crippen LogP contribution in [0.5, 0.6) is 0 Å². The van der Waals surface area contributed by atoms with Gasteiger partial charge in [-0.3, -0.25) is 14.6 Å². The molecule has 0 unspecified atom stereocenters. The molecule has 3 rings (SSSR count). The summed E-state index contributed by atoms with van der Waals surface area (Å²) in [5.74, 6) is 1.34. The molecule has 128 valence electrons. The summed E-state index contributed by atoms with van der Waals surface area (Å²) < 4.78 is 11.1. The van der Waals surface area contributed by atoms with Crippen LogP contribution in [0.15, 0.2) is 16.5 Å². The third-order valence-corrected chi connectivity index (χ3v) is 4.69. The molecule has 0 spiro atoms. The maximum Gasteiger partial charge on any atom is 0.289 e. The van der Waals surface area contributed by atoms with Gasteiger partial charge in [0.2, 0.25) is 0 Å². The van der Waals surface area contributed by atoms with Crippen molar-refractivity contribution in [2.45, 2.75) is 26.4 Å². The largest absolute Gasteiger partial charge is 0.455 e. The fourth-order valence-corrected chi connectivity index (χ4v) is 3.15. The lowest BCUT2D eigenvalue weighted by Gasteiger charge is -2.36. The van der Waals surface area contributed by atoms with Crippen molar-refractivity contribution < 1.29 is 13.9 Å². The molecule has 0 bridgehead atoms. The lowest BCUT2D eigenvalue weighted by Crippen LogP contribution is -2.50. The maximum atomic E-state index is 12.6. The predicted molar refractivity (Wildman–Crippen MR) is 87.4 cm³/mol. The molecule has 0 radical (unpaired) electrons. The van der Waals surface area contributed by atoms with Gasteiger partial charge in [0.1, 0.15) is 5.76 Å². The van der Waals surface area contributed by atoms with Gasteiger partial charge in [-0.15, -0.1) is 0 Å². The van der Waals surface area contributed by atoms with Gasteiger partial charge in [0.15, 0.2) is 5.76 Å². The average molecular weight is 321 g/mol. The molecule has 2 saturated heterocycles. The molecule has 23 heavy (non-hydrogen) atoms. The standard InChI is InChI=1S/C17H27N3O3/c1-14(2)19-5-7-20(8-6-19)17(21)16-4-3-15(23-16)13-18-9-11-22-12-10-18/h3-4,14H,5-13H2,1-2H3. The summed E-state index contributed by atoms with van der Waals surface area (Å²) >= 11 is 0. The Morgan fingerprint density at radius 2 is 1.78 bits per heavy atom. The highest BCUT2D eigenvalue weighted by atomic mass is 16.5. The van der Waals surface area contributed by atoms with E-state index in [1.807, 2.05) is 17.0 Å². The van der Waals surface area contributed by atoms with Crippen LogP contribution in [0.3, 0.4) is 0 Å². The molecule has 1 aromatic heterocycles. The van der Waals surface area contributed by atoms with Crippen molar-refractivity contribution in [2.75, 3.05) is 52.5 Å². The summed E-state index contributed by atoms with van der Waals surface area (Å²) in [4.78, 5) is 19.1. The molecule has 0 aromatic carbocycles. The second-order valence-corrected chi connectivity index (χ2v) is 6.58. The van der Waals surface area contributed by atoms with Crippen molar-refractivity contribution in [2.24, 2.45) is 0 Å². The van der Waals surface area contributed by atoms with Crippen molar-refractivity contribution in [3.05, 3.63) is 23.7 Å². The van der Waals surface area contributed by atoms with Crippen LogP contribution in [0.25, 0.3) is 0 Å². The Kier molecular flexibility index (Phi) is 5.35. The summed E-state index contributed by atoms with van der Waals surface area (Å²) in [7, 11) is 0. The molecule has 0 aliphatic carbocycles. The normalized spacial score (nSPS) is 21.1. The molecule has 1 amide bonds. The first-order valence-electron chi connectivity index (χ1n) is 8.55. The molecule has 1 aromatic rings. The molecule has 3 heterocycles. The van der Waals surface area contributed by atoms with E-state index in [1.54, 1.807) is 0 Å². The summed E-state index contributed by atoms with van der Waals surface area (Å²) in [5.41, 5.74) is 0. The van der Waals surface area contributed by atoms with Gasteiger partial charge in [-0.25, -0.2) is 0 Å². The smallest absolute Gasteiger partial charge is 0.289 e. The van der Waals surface area contributed by atoms with E-state index < -0.39 is 0 Å². The van der Waals surface area contributed by atoms with Crippen LogP contribution < -0.4 is 0 Å². The van der Waals surface area contributed by atoms with Crippen LogP contribution in [-0.4, -0.2) is 79.1 Å². The van der Waals surface area contributed by atoms with Crippen molar-refractivity contribution in [3.63, 3.8) is 0 Å². The minimum atomic E-state index is 0.0154. The van der Waals surface area contributed by atoms with Crippen LogP contribution in [0, 0.1) is 0 Å². The maximum absolute atomic E-state index is 12.6. The number of morpholine rings is 1. The Balaban J connectivity index is 1.54. The first kappa shape index (κ1) is 16.5. The minimum absolute atomic E-state index is 0.0154. The van der Waals surface area contributed by atoms with Crippen LogP contribution in [0.2, 0.25) is 0 Å². The number of ether oxygens (including phenoxy) is 1. The number of furan rings is 1. The minimum Gasteiger partial charge on any atom is -0.455 e. The van der Waals surface area contributed by atoms with Crippen molar-refractivity contribution in [3.8, 4) is 0 Å². The first-order chi connectivity index (χ1) is 11.1. The molecular weight excluding hydrogens is 294 g/mol. The number of carbonyl (C=O) groups excluding carboxylic acids is 1. The Morgan fingerprint density at radius 1 is 1.09 bits per heavy atom. The van der Waals surface area contributed by atoms with E-state index >= 15 is 0 Å². The molecule has 0 atom stereocenters. The molecule has 2 aliphatic heterocycles. The Bertz CT molecular complexity index is 515. The van der Waals surface area contributed by atoms with Gasteiger partial charge in [-0.2, -0.15) is 0 Å². The summed E-state index contributed by atoms with van der Waals surface area (Å²) in [6.07, 6.45) is 0. The zero-order chi connectivity index (χ0) is 16.2. The van der Waals surface area contributed by atoms with Gasteiger partial charge < -0.3 is 14.1 Å². The first-order valence-corrected chi connectivity index (χ1v) is 8.55. The van der Waals surface area contributed by atoms with Crippen LogP contribution in [-0.2, 0) is 11.3 Å². The van der Waals surface area contributed by atoms with Crippen molar-refractivity contribution in [1.29, 1.82) is 0 Å². The Hall–Kier alpha value is -1.37. The van der Waals surface area contributed by atoms with E-state index in [0.717, 1.165) is 64.8 Å². The number of carbonyl (C=O) groups is 1. The average Bonchev–Trinajstić information content (AvgIpc) is 3.03. The van der Waals surface area contributed by atoms with Gasteiger partial charge in [-0.05, 0) is 26.0 Å². The topological polar surface area (TPSA) is 49.2 Å². The van der Waals surface area contributed by atoms with E-state index in [1.165, 1.54) is 0 Å². The predicted octanol–water partition coefficient (Wildman–Crippen LogP) is 1.28. The van der Waals surface area contributed by atoms with Crippen LogP contribution >= 0.6 is 0 Å². The Labute approximate surface area is 138 Å². The molecule has 6 nitrogen and oxygen atoms in total. The zero-order valence-electron chi connectivity index (χ0n) is 14.2.